The predicted octanol–water partition coefficient (Wildman–Crippen LogP) is 4.53. The van der Waals surface area contributed by atoms with E-state index >= 15 is 0 Å². The van der Waals surface area contributed by atoms with Gasteiger partial charge in [-0.2, -0.15) is 5.10 Å². The summed E-state index contributed by atoms with van der Waals surface area (Å²) in [5.41, 5.74) is 2.06. The quantitative estimate of drug-likeness (QED) is 0.515. The third kappa shape index (κ3) is 4.10. The Morgan fingerprint density at radius 3 is 2.62 bits per heavy atom. The molecule has 1 fully saturated rings. The van der Waals surface area contributed by atoms with E-state index in [-0.39, 0.29) is 10.2 Å². The topological polar surface area (TPSA) is 75.4 Å². The number of hydrogen-bond acceptors (Lipinski definition) is 5. The van der Waals surface area contributed by atoms with Gasteiger partial charge in [-0.3, -0.25) is 9.69 Å². The van der Waals surface area contributed by atoms with E-state index in [1.54, 1.807) is 24.6 Å². The molecule has 29 heavy (non-hydrogen) atoms. The summed E-state index contributed by atoms with van der Waals surface area (Å²) in [4.78, 5) is 26.3. The molecule has 152 valence electrons. The normalized spacial score (nSPS) is 17.8. The zero-order valence-electron chi connectivity index (χ0n) is 16.1. The SMILES string of the molecule is CCC(C)[C@@H](C(=O)O)N1C(=O)/C(=C/c2c(C)nn(-c3ccccc3)c2Cl)SC1=S. The average Bonchev–Trinajstić information content (AvgIpc) is 3.13. The van der Waals surface area contributed by atoms with Crippen LogP contribution >= 0.6 is 35.6 Å². The Labute approximate surface area is 183 Å². The second-order valence-corrected chi connectivity index (χ2v) is 8.79. The van der Waals surface area contributed by atoms with Crippen LogP contribution in [-0.4, -0.2) is 42.0 Å². The molecular formula is C20H20ClN3O3S2. The van der Waals surface area contributed by atoms with E-state index in [1.165, 1.54) is 4.90 Å². The molecule has 0 aliphatic carbocycles. The molecule has 0 bridgehead atoms. The predicted molar refractivity (Wildman–Crippen MR) is 119 cm³/mol. The number of hydrogen-bond donors (Lipinski definition) is 1. The summed E-state index contributed by atoms with van der Waals surface area (Å²) in [6.07, 6.45) is 2.25. The molecule has 0 saturated carbocycles. The number of thiocarbonyl (C=S) groups is 1. The van der Waals surface area contributed by atoms with Crippen LogP contribution in [0.15, 0.2) is 35.2 Å². The minimum Gasteiger partial charge on any atom is -0.480 e. The number of nitrogens with zero attached hydrogens (tertiary/aromatic N) is 3. The van der Waals surface area contributed by atoms with Crippen molar-refractivity contribution in [3.63, 3.8) is 0 Å². The number of aliphatic carboxylic acids is 1. The lowest BCUT2D eigenvalue weighted by molar-refractivity contribution is -0.147. The van der Waals surface area contributed by atoms with E-state index in [0.29, 0.717) is 27.7 Å². The van der Waals surface area contributed by atoms with Gasteiger partial charge in [-0.1, -0.05) is 74.0 Å². The highest BCUT2D eigenvalue weighted by molar-refractivity contribution is 8.26. The van der Waals surface area contributed by atoms with E-state index < -0.39 is 17.9 Å². The lowest BCUT2D eigenvalue weighted by Gasteiger charge is -2.27. The zero-order chi connectivity index (χ0) is 21.3. The molecule has 1 aromatic carbocycles. The molecule has 1 saturated heterocycles. The summed E-state index contributed by atoms with van der Waals surface area (Å²) in [5.74, 6) is -1.72. The first-order chi connectivity index (χ1) is 13.8. The van der Waals surface area contributed by atoms with Crippen molar-refractivity contribution >= 4 is 57.9 Å². The van der Waals surface area contributed by atoms with E-state index in [9.17, 15) is 14.7 Å². The van der Waals surface area contributed by atoms with Crippen molar-refractivity contribution in [3.8, 4) is 5.69 Å². The van der Waals surface area contributed by atoms with Gasteiger partial charge >= 0.3 is 5.97 Å². The molecule has 2 atom stereocenters. The maximum atomic E-state index is 13.0. The second-order valence-electron chi connectivity index (χ2n) is 6.76. The number of para-hydroxylation sites is 1. The molecule has 1 amide bonds. The highest BCUT2D eigenvalue weighted by Gasteiger charge is 2.42. The van der Waals surface area contributed by atoms with Crippen LogP contribution in [0, 0.1) is 12.8 Å². The van der Waals surface area contributed by atoms with Crippen molar-refractivity contribution in [2.45, 2.75) is 33.2 Å². The summed E-state index contributed by atoms with van der Waals surface area (Å²) in [5, 5.41) is 14.5. The van der Waals surface area contributed by atoms with Gasteiger partial charge in [0.15, 0.2) is 0 Å². The Kier molecular flexibility index (Phi) is 6.45. The molecule has 1 aliphatic heterocycles. The Balaban J connectivity index is 1.98. The van der Waals surface area contributed by atoms with Gasteiger partial charge in [0.25, 0.3) is 5.91 Å². The van der Waals surface area contributed by atoms with Gasteiger partial charge in [0.1, 0.15) is 15.5 Å². The van der Waals surface area contributed by atoms with Crippen molar-refractivity contribution in [1.82, 2.24) is 14.7 Å². The van der Waals surface area contributed by atoms with Crippen LogP contribution in [0.2, 0.25) is 5.15 Å². The Bertz CT molecular complexity index is 1000. The number of aryl methyl sites for hydroxylation is 1. The average molecular weight is 450 g/mol. The van der Waals surface area contributed by atoms with E-state index in [0.717, 1.165) is 17.4 Å². The maximum absolute atomic E-state index is 13.0. The number of amides is 1. The van der Waals surface area contributed by atoms with Gasteiger partial charge in [0.05, 0.1) is 16.3 Å². The number of aromatic nitrogens is 2. The number of rotatable bonds is 6. The third-order valence-electron chi connectivity index (χ3n) is 4.86. The van der Waals surface area contributed by atoms with Crippen LogP contribution in [0.4, 0.5) is 0 Å². The van der Waals surface area contributed by atoms with Crippen molar-refractivity contribution in [3.05, 3.63) is 51.6 Å². The molecule has 3 rings (SSSR count). The van der Waals surface area contributed by atoms with Crippen LogP contribution in [-0.2, 0) is 9.59 Å². The molecule has 9 heteroatoms. The van der Waals surface area contributed by atoms with Gasteiger partial charge in [0.2, 0.25) is 0 Å². The van der Waals surface area contributed by atoms with Crippen LogP contribution in [0.3, 0.4) is 0 Å². The molecule has 1 unspecified atom stereocenters. The van der Waals surface area contributed by atoms with E-state index in [2.05, 4.69) is 5.10 Å². The number of carbonyl (C=O) groups excluding carboxylic acids is 1. The number of carbonyl (C=O) groups is 2. The highest BCUT2D eigenvalue weighted by Crippen LogP contribution is 2.37. The fraction of sp³-hybridized carbons (Fsp3) is 0.300. The van der Waals surface area contributed by atoms with E-state index in [1.807, 2.05) is 37.3 Å². The van der Waals surface area contributed by atoms with Crippen LogP contribution in [0.5, 0.6) is 0 Å². The Morgan fingerprint density at radius 2 is 2.03 bits per heavy atom. The Hall–Kier alpha value is -2.16. The van der Waals surface area contributed by atoms with Crippen LogP contribution < -0.4 is 0 Å². The summed E-state index contributed by atoms with van der Waals surface area (Å²) in [7, 11) is 0. The summed E-state index contributed by atoms with van der Waals surface area (Å²) < 4.78 is 1.83. The standard InChI is InChI=1S/C20H20ClN3O3S2/c1-4-11(2)16(19(26)27)23-18(25)15(29-20(23)28)10-14-12(3)22-24(17(14)21)13-8-6-5-7-9-13/h5-11,16H,4H2,1-3H3,(H,26,27)/b15-10-/t11?,16-/m0/s1. The fourth-order valence-electron chi connectivity index (χ4n) is 3.10. The number of carboxylic acids is 1. The monoisotopic (exact) mass is 449 g/mol. The molecule has 2 heterocycles. The fourth-order valence-corrected chi connectivity index (χ4v) is 4.74. The molecule has 1 N–H and O–H groups in total. The van der Waals surface area contributed by atoms with Crippen molar-refractivity contribution in [2.24, 2.45) is 5.92 Å². The lowest BCUT2D eigenvalue weighted by atomic mass is 9.98. The largest absolute Gasteiger partial charge is 0.480 e. The zero-order valence-corrected chi connectivity index (χ0v) is 18.5. The van der Waals surface area contributed by atoms with Gasteiger partial charge in [0, 0.05) is 5.56 Å². The second kappa shape index (κ2) is 8.69. The van der Waals surface area contributed by atoms with E-state index in [4.69, 9.17) is 23.8 Å². The van der Waals surface area contributed by atoms with Crippen LogP contribution in [0.1, 0.15) is 31.5 Å². The third-order valence-corrected chi connectivity index (χ3v) is 6.56. The highest BCUT2D eigenvalue weighted by atomic mass is 35.5. The molecule has 6 nitrogen and oxygen atoms in total. The van der Waals surface area contributed by atoms with Crippen molar-refractivity contribution in [2.75, 3.05) is 0 Å². The lowest BCUT2D eigenvalue weighted by Crippen LogP contribution is -2.47. The molecular weight excluding hydrogens is 430 g/mol. The molecule has 2 aromatic rings. The molecule has 0 radical (unpaired) electrons. The molecule has 1 aliphatic rings. The van der Waals surface area contributed by atoms with Crippen LogP contribution in [0.25, 0.3) is 11.8 Å². The Morgan fingerprint density at radius 1 is 1.38 bits per heavy atom. The minimum atomic E-state index is -1.07. The van der Waals surface area contributed by atoms with Gasteiger partial charge in [-0.15, -0.1) is 0 Å². The summed E-state index contributed by atoms with van der Waals surface area (Å²) >= 11 is 13.0. The maximum Gasteiger partial charge on any atom is 0.327 e. The van der Waals surface area contributed by atoms with Gasteiger partial charge in [-0.05, 0) is 31.1 Å². The van der Waals surface area contributed by atoms with Crippen molar-refractivity contribution < 1.29 is 14.7 Å². The number of halogens is 1. The number of benzene rings is 1. The van der Waals surface area contributed by atoms with Gasteiger partial charge < -0.3 is 5.11 Å². The first kappa shape index (κ1) is 21.5. The van der Waals surface area contributed by atoms with Crippen molar-refractivity contribution in [1.29, 1.82) is 0 Å². The minimum absolute atomic E-state index is 0.234. The number of thioether (sulfide) groups is 1. The smallest absolute Gasteiger partial charge is 0.327 e. The first-order valence-corrected chi connectivity index (χ1v) is 10.7. The number of carboxylic acid groups (broad SMARTS) is 1. The molecule has 0 spiro atoms. The summed E-state index contributed by atoms with van der Waals surface area (Å²) in [6, 6.07) is 8.43. The summed E-state index contributed by atoms with van der Waals surface area (Å²) in [6.45, 7) is 5.48. The first-order valence-electron chi connectivity index (χ1n) is 9.06. The van der Waals surface area contributed by atoms with Gasteiger partial charge in [-0.25, -0.2) is 9.48 Å². The molecule has 1 aromatic heterocycles.